The van der Waals surface area contributed by atoms with Crippen molar-refractivity contribution in [2.75, 3.05) is 31.3 Å². The maximum Gasteiger partial charge on any atom is 0.243 e. The molecule has 0 aliphatic carbocycles. The lowest BCUT2D eigenvalue weighted by Crippen LogP contribution is -2.22. The van der Waals surface area contributed by atoms with Crippen LogP contribution in [-0.4, -0.2) is 37.4 Å². The summed E-state index contributed by atoms with van der Waals surface area (Å²) in [5.74, 6) is 0.0428. The Bertz CT molecular complexity index is 788. The number of carbonyl (C=O) groups is 2. The van der Waals surface area contributed by atoms with E-state index in [0.717, 1.165) is 28.1 Å². The van der Waals surface area contributed by atoms with Crippen molar-refractivity contribution in [3.63, 3.8) is 0 Å². The predicted octanol–water partition coefficient (Wildman–Crippen LogP) is 3.68. The summed E-state index contributed by atoms with van der Waals surface area (Å²) in [7, 11) is 3.53. The van der Waals surface area contributed by atoms with E-state index in [4.69, 9.17) is 0 Å². The molecule has 0 aliphatic rings. The van der Waals surface area contributed by atoms with Crippen molar-refractivity contribution >= 4 is 23.2 Å². The van der Waals surface area contributed by atoms with Gasteiger partial charge in [0.25, 0.3) is 0 Å². The van der Waals surface area contributed by atoms with Crippen LogP contribution in [0.4, 0.5) is 11.4 Å². The molecule has 0 aromatic heterocycles. The third-order valence-corrected chi connectivity index (χ3v) is 4.47. The van der Waals surface area contributed by atoms with Crippen LogP contribution in [0.25, 0.3) is 0 Å². The van der Waals surface area contributed by atoms with Crippen LogP contribution in [-0.2, 0) is 16.0 Å². The van der Waals surface area contributed by atoms with Gasteiger partial charge in [-0.2, -0.15) is 0 Å². The summed E-state index contributed by atoms with van der Waals surface area (Å²) in [6.07, 6.45) is 1.21. The quantitative estimate of drug-likeness (QED) is 0.785. The maximum atomic E-state index is 12.3. The van der Waals surface area contributed by atoms with Crippen molar-refractivity contribution in [1.82, 2.24) is 4.90 Å². The Hall–Kier alpha value is -2.82. The normalized spacial score (nSPS) is 10.4. The summed E-state index contributed by atoms with van der Waals surface area (Å²) in [5.41, 5.74) is 6.19. The van der Waals surface area contributed by atoms with Gasteiger partial charge in [-0.25, -0.2) is 0 Å². The van der Waals surface area contributed by atoms with Gasteiger partial charge in [-0.05, 0) is 56.0 Å². The highest BCUT2D eigenvalue weighted by Crippen LogP contribution is 2.21. The minimum Gasteiger partial charge on any atom is -0.376 e. The van der Waals surface area contributed by atoms with E-state index in [1.54, 1.807) is 19.0 Å². The van der Waals surface area contributed by atoms with Crippen molar-refractivity contribution in [3.05, 3.63) is 58.7 Å². The fourth-order valence-corrected chi connectivity index (χ4v) is 3.01. The number of amides is 2. The Morgan fingerprint density at radius 1 is 0.963 bits per heavy atom. The van der Waals surface area contributed by atoms with Crippen LogP contribution < -0.4 is 10.6 Å². The Balaban J connectivity index is 1.86. The Labute approximate surface area is 161 Å². The molecule has 0 radical (unpaired) electrons. The highest BCUT2D eigenvalue weighted by Gasteiger charge is 2.08. The van der Waals surface area contributed by atoms with Gasteiger partial charge in [0.2, 0.25) is 11.8 Å². The number of hydrogen-bond acceptors (Lipinski definition) is 3. The Kier molecular flexibility index (Phi) is 6.99. The fraction of sp³-hybridized carbons (Fsp3) is 0.364. The maximum absolute atomic E-state index is 12.3. The minimum absolute atomic E-state index is 0.0780. The summed E-state index contributed by atoms with van der Waals surface area (Å²) in [4.78, 5) is 25.5. The standard InChI is InChI=1S/C22H29N3O2/c1-15-12-16(2)22(17(3)13-15)24-20(26)14-23-19-9-6-18(7-10-19)8-11-21(27)25(4)5/h6-7,9-10,12-13,23H,8,11,14H2,1-5H3,(H,24,26). The second-order valence-corrected chi connectivity index (χ2v) is 7.16. The van der Waals surface area contributed by atoms with Crippen LogP contribution in [0.2, 0.25) is 0 Å². The average Bonchev–Trinajstić information content (AvgIpc) is 2.61. The summed E-state index contributed by atoms with van der Waals surface area (Å²) in [5, 5.41) is 6.13. The number of benzene rings is 2. The Morgan fingerprint density at radius 3 is 2.11 bits per heavy atom. The van der Waals surface area contributed by atoms with Crippen LogP contribution in [0.3, 0.4) is 0 Å². The SMILES string of the molecule is Cc1cc(C)c(NC(=O)CNc2ccc(CCC(=O)N(C)C)cc2)c(C)c1. The van der Waals surface area contributed by atoms with Crippen LogP contribution in [0.15, 0.2) is 36.4 Å². The van der Waals surface area contributed by atoms with Crippen molar-refractivity contribution in [2.45, 2.75) is 33.6 Å². The van der Waals surface area contributed by atoms with Crippen LogP contribution in [0.1, 0.15) is 28.7 Å². The molecule has 2 aromatic carbocycles. The smallest absolute Gasteiger partial charge is 0.243 e. The van der Waals surface area contributed by atoms with E-state index >= 15 is 0 Å². The average molecular weight is 367 g/mol. The first-order valence-corrected chi connectivity index (χ1v) is 9.17. The second kappa shape index (κ2) is 9.21. The van der Waals surface area contributed by atoms with Crippen molar-refractivity contribution in [3.8, 4) is 0 Å². The second-order valence-electron chi connectivity index (χ2n) is 7.16. The molecule has 144 valence electrons. The van der Waals surface area contributed by atoms with E-state index in [0.29, 0.717) is 12.8 Å². The number of nitrogens with zero attached hydrogens (tertiary/aromatic N) is 1. The third-order valence-electron chi connectivity index (χ3n) is 4.47. The zero-order valence-electron chi connectivity index (χ0n) is 16.8. The number of rotatable bonds is 7. The lowest BCUT2D eigenvalue weighted by Gasteiger charge is -2.14. The molecule has 2 N–H and O–H groups in total. The van der Waals surface area contributed by atoms with E-state index in [9.17, 15) is 9.59 Å². The fourth-order valence-electron chi connectivity index (χ4n) is 3.01. The molecule has 2 rings (SSSR count). The molecule has 2 amide bonds. The first-order chi connectivity index (χ1) is 12.8. The van der Waals surface area contributed by atoms with Crippen molar-refractivity contribution in [2.24, 2.45) is 0 Å². The molecule has 0 fully saturated rings. The molecular formula is C22H29N3O2. The van der Waals surface area contributed by atoms with E-state index in [2.05, 4.69) is 22.8 Å². The highest BCUT2D eigenvalue weighted by molar-refractivity contribution is 5.95. The van der Waals surface area contributed by atoms with E-state index in [1.165, 1.54) is 5.56 Å². The van der Waals surface area contributed by atoms with Crippen molar-refractivity contribution in [1.29, 1.82) is 0 Å². The topological polar surface area (TPSA) is 61.4 Å². The first kappa shape index (κ1) is 20.5. The molecule has 0 bridgehead atoms. The number of hydrogen-bond donors (Lipinski definition) is 2. The molecule has 0 aliphatic heterocycles. The molecule has 0 atom stereocenters. The van der Waals surface area contributed by atoms with Gasteiger partial charge in [0.05, 0.1) is 6.54 Å². The molecule has 2 aromatic rings. The van der Waals surface area contributed by atoms with Crippen LogP contribution >= 0.6 is 0 Å². The number of anilines is 2. The molecule has 0 spiro atoms. The molecule has 0 saturated heterocycles. The Morgan fingerprint density at radius 2 is 1.56 bits per heavy atom. The third kappa shape index (κ3) is 6.13. The summed E-state index contributed by atoms with van der Waals surface area (Å²) in [6, 6.07) is 12.0. The number of aryl methyl sites for hydroxylation is 4. The van der Waals surface area contributed by atoms with E-state index < -0.39 is 0 Å². The molecule has 0 saturated carbocycles. The summed E-state index contributed by atoms with van der Waals surface area (Å²) < 4.78 is 0. The van der Waals surface area contributed by atoms with E-state index in [1.807, 2.05) is 45.0 Å². The number of carbonyl (C=O) groups excluding carboxylic acids is 2. The van der Waals surface area contributed by atoms with Gasteiger partial charge < -0.3 is 15.5 Å². The molecule has 27 heavy (non-hydrogen) atoms. The minimum atomic E-state index is -0.0780. The zero-order chi connectivity index (χ0) is 20.0. The summed E-state index contributed by atoms with van der Waals surface area (Å²) >= 11 is 0. The van der Waals surface area contributed by atoms with Crippen LogP contribution in [0, 0.1) is 20.8 Å². The van der Waals surface area contributed by atoms with Gasteiger partial charge in [-0.15, -0.1) is 0 Å². The molecule has 5 heteroatoms. The lowest BCUT2D eigenvalue weighted by molar-refractivity contribution is -0.128. The molecule has 0 heterocycles. The molecule has 0 unspecified atom stereocenters. The highest BCUT2D eigenvalue weighted by atomic mass is 16.2. The first-order valence-electron chi connectivity index (χ1n) is 9.17. The van der Waals surface area contributed by atoms with Crippen LogP contribution in [0.5, 0.6) is 0 Å². The number of nitrogens with one attached hydrogen (secondary N) is 2. The molecule has 5 nitrogen and oxygen atoms in total. The predicted molar refractivity (Wildman–Crippen MR) is 111 cm³/mol. The van der Waals surface area contributed by atoms with Gasteiger partial charge in [0, 0.05) is 31.9 Å². The van der Waals surface area contributed by atoms with Crippen molar-refractivity contribution < 1.29 is 9.59 Å². The van der Waals surface area contributed by atoms with Gasteiger partial charge in [0.1, 0.15) is 0 Å². The molecular weight excluding hydrogens is 338 g/mol. The monoisotopic (exact) mass is 367 g/mol. The lowest BCUT2D eigenvalue weighted by atomic mass is 10.1. The largest absolute Gasteiger partial charge is 0.376 e. The van der Waals surface area contributed by atoms with Gasteiger partial charge in [0.15, 0.2) is 0 Å². The zero-order valence-corrected chi connectivity index (χ0v) is 16.8. The van der Waals surface area contributed by atoms with Gasteiger partial charge >= 0.3 is 0 Å². The van der Waals surface area contributed by atoms with Gasteiger partial charge in [-0.3, -0.25) is 9.59 Å². The van der Waals surface area contributed by atoms with Gasteiger partial charge in [-0.1, -0.05) is 29.8 Å². The summed E-state index contributed by atoms with van der Waals surface area (Å²) in [6.45, 7) is 6.25. The van der Waals surface area contributed by atoms with E-state index in [-0.39, 0.29) is 18.4 Å².